The summed E-state index contributed by atoms with van der Waals surface area (Å²) in [6.45, 7) is 2.11. The summed E-state index contributed by atoms with van der Waals surface area (Å²) in [6, 6.07) is 10.4. The first-order valence-electron chi connectivity index (χ1n) is 4.87. The highest BCUT2D eigenvalue weighted by molar-refractivity contribution is 9.09. The maximum absolute atomic E-state index is 4.29. The smallest absolute Gasteiger partial charge is 0.0702 e. The normalized spacial score (nSPS) is 12.0. The number of benzene rings is 1. The van der Waals surface area contributed by atoms with E-state index < -0.39 is 0 Å². The quantitative estimate of drug-likeness (QED) is 0.744. The molecule has 0 radical (unpaired) electrons. The van der Waals surface area contributed by atoms with Crippen molar-refractivity contribution in [2.45, 2.75) is 6.92 Å². The number of halogens is 1. The van der Waals surface area contributed by atoms with E-state index in [2.05, 4.69) is 58.2 Å². The van der Waals surface area contributed by atoms with Crippen LogP contribution in [0, 0.1) is 0 Å². The highest BCUT2D eigenvalue weighted by Crippen LogP contribution is 2.16. The fraction of sp³-hybridized carbons (Fsp3) is 0.154. The van der Waals surface area contributed by atoms with Gasteiger partial charge in [-0.05, 0) is 30.7 Å². The molecule has 15 heavy (non-hydrogen) atoms. The van der Waals surface area contributed by atoms with Gasteiger partial charge in [0, 0.05) is 16.9 Å². The Morgan fingerprint density at radius 3 is 3.07 bits per heavy atom. The molecule has 0 spiro atoms. The molecule has 0 saturated heterocycles. The first-order chi connectivity index (χ1) is 7.29. The van der Waals surface area contributed by atoms with Crippen LogP contribution < -0.4 is 0 Å². The standard InChI is InChI=1S/C13H12BrN/c1-10(9-14)7-11-4-5-13-12(8-11)3-2-6-15-13/h2-8H,9H2,1H3/b10-7-. The molecule has 2 rings (SSSR count). The molecule has 0 fully saturated rings. The Morgan fingerprint density at radius 2 is 2.27 bits per heavy atom. The summed E-state index contributed by atoms with van der Waals surface area (Å²) in [4.78, 5) is 4.29. The molecule has 0 aliphatic rings. The molecule has 0 saturated carbocycles. The van der Waals surface area contributed by atoms with Crippen LogP contribution in [-0.4, -0.2) is 10.3 Å². The third-order valence-corrected chi connectivity index (χ3v) is 3.14. The predicted molar refractivity (Wildman–Crippen MR) is 69.2 cm³/mol. The van der Waals surface area contributed by atoms with Gasteiger partial charge in [0.05, 0.1) is 5.52 Å². The Kier molecular flexibility index (Phi) is 3.17. The predicted octanol–water partition coefficient (Wildman–Crippen LogP) is 4.03. The molecule has 1 heterocycles. The summed E-state index contributed by atoms with van der Waals surface area (Å²) < 4.78 is 0. The first-order valence-corrected chi connectivity index (χ1v) is 5.99. The monoisotopic (exact) mass is 261 g/mol. The zero-order chi connectivity index (χ0) is 10.7. The van der Waals surface area contributed by atoms with Gasteiger partial charge in [-0.2, -0.15) is 0 Å². The van der Waals surface area contributed by atoms with E-state index in [9.17, 15) is 0 Å². The molecule has 1 aromatic carbocycles. The molecule has 0 unspecified atom stereocenters. The second kappa shape index (κ2) is 4.58. The zero-order valence-corrected chi connectivity index (χ0v) is 10.2. The van der Waals surface area contributed by atoms with Crippen molar-refractivity contribution < 1.29 is 0 Å². The summed E-state index contributed by atoms with van der Waals surface area (Å²) in [7, 11) is 0. The van der Waals surface area contributed by atoms with Crippen LogP contribution in [0.25, 0.3) is 17.0 Å². The van der Waals surface area contributed by atoms with Crippen LogP contribution >= 0.6 is 15.9 Å². The van der Waals surface area contributed by atoms with Crippen molar-refractivity contribution in [2.24, 2.45) is 0 Å². The van der Waals surface area contributed by atoms with Gasteiger partial charge in [0.15, 0.2) is 0 Å². The van der Waals surface area contributed by atoms with E-state index in [1.54, 1.807) is 0 Å². The number of allylic oxidation sites excluding steroid dienone is 1. The van der Waals surface area contributed by atoms with E-state index in [0.717, 1.165) is 10.8 Å². The minimum absolute atomic E-state index is 0.915. The van der Waals surface area contributed by atoms with Gasteiger partial charge in [-0.3, -0.25) is 4.98 Å². The zero-order valence-electron chi connectivity index (χ0n) is 8.57. The fourth-order valence-corrected chi connectivity index (χ4v) is 1.67. The first kappa shape index (κ1) is 10.4. The summed E-state index contributed by atoms with van der Waals surface area (Å²) in [6.07, 6.45) is 4.00. The molecule has 0 bridgehead atoms. The molecule has 1 nitrogen and oxygen atoms in total. The maximum Gasteiger partial charge on any atom is 0.0702 e. The van der Waals surface area contributed by atoms with Crippen LogP contribution in [0.4, 0.5) is 0 Å². The van der Waals surface area contributed by atoms with Crippen LogP contribution in [0.15, 0.2) is 42.1 Å². The van der Waals surface area contributed by atoms with Crippen LogP contribution in [0.2, 0.25) is 0 Å². The van der Waals surface area contributed by atoms with Gasteiger partial charge in [-0.25, -0.2) is 0 Å². The van der Waals surface area contributed by atoms with E-state index in [-0.39, 0.29) is 0 Å². The lowest BCUT2D eigenvalue weighted by atomic mass is 10.1. The maximum atomic E-state index is 4.29. The topological polar surface area (TPSA) is 12.9 Å². The minimum Gasteiger partial charge on any atom is -0.256 e. The summed E-state index contributed by atoms with van der Waals surface area (Å²) >= 11 is 3.44. The molecule has 0 aliphatic heterocycles. The average molecular weight is 262 g/mol. The summed E-state index contributed by atoms with van der Waals surface area (Å²) in [5.41, 5.74) is 3.59. The van der Waals surface area contributed by atoms with Crippen LogP contribution in [0.3, 0.4) is 0 Å². The molecule has 0 aliphatic carbocycles. The van der Waals surface area contributed by atoms with E-state index in [1.165, 1.54) is 16.5 Å². The lowest BCUT2D eigenvalue weighted by Gasteiger charge is -1.99. The van der Waals surface area contributed by atoms with Crippen LogP contribution in [0.1, 0.15) is 12.5 Å². The molecule has 1 aromatic heterocycles. The molecular weight excluding hydrogens is 250 g/mol. The Bertz CT molecular complexity index is 503. The lowest BCUT2D eigenvalue weighted by molar-refractivity contribution is 1.41. The van der Waals surface area contributed by atoms with E-state index >= 15 is 0 Å². The number of hydrogen-bond acceptors (Lipinski definition) is 1. The van der Waals surface area contributed by atoms with Crippen molar-refractivity contribution >= 4 is 32.9 Å². The molecule has 2 heteroatoms. The van der Waals surface area contributed by atoms with Gasteiger partial charge in [0.2, 0.25) is 0 Å². The number of pyridine rings is 1. The lowest BCUT2D eigenvalue weighted by Crippen LogP contribution is -1.81. The highest BCUT2D eigenvalue weighted by atomic mass is 79.9. The second-order valence-corrected chi connectivity index (χ2v) is 4.14. The number of aromatic nitrogens is 1. The molecule has 0 amide bonds. The average Bonchev–Trinajstić information content (AvgIpc) is 2.29. The SMILES string of the molecule is C/C(=C/c1ccc2ncccc2c1)CBr. The van der Waals surface area contributed by atoms with Crippen molar-refractivity contribution in [3.05, 3.63) is 47.7 Å². The van der Waals surface area contributed by atoms with Gasteiger partial charge in [-0.15, -0.1) is 0 Å². The molecule has 2 aromatic rings. The number of nitrogens with zero attached hydrogens (tertiary/aromatic N) is 1. The van der Waals surface area contributed by atoms with Crippen molar-refractivity contribution in [3.63, 3.8) is 0 Å². The van der Waals surface area contributed by atoms with Gasteiger partial charge >= 0.3 is 0 Å². The summed E-state index contributed by atoms with van der Waals surface area (Å²) in [5, 5.41) is 2.10. The number of alkyl halides is 1. The molecule has 0 atom stereocenters. The van der Waals surface area contributed by atoms with Crippen molar-refractivity contribution in [1.29, 1.82) is 0 Å². The fourth-order valence-electron chi connectivity index (χ4n) is 1.51. The Labute approximate surface area is 98.0 Å². The van der Waals surface area contributed by atoms with E-state index in [4.69, 9.17) is 0 Å². The highest BCUT2D eigenvalue weighted by Gasteiger charge is 1.95. The van der Waals surface area contributed by atoms with Gasteiger partial charge in [-0.1, -0.05) is 39.7 Å². The Morgan fingerprint density at radius 1 is 1.40 bits per heavy atom. The molecule has 76 valence electrons. The van der Waals surface area contributed by atoms with Gasteiger partial charge in [0.25, 0.3) is 0 Å². The van der Waals surface area contributed by atoms with Gasteiger partial charge in [0.1, 0.15) is 0 Å². The molecular formula is C13H12BrN. The number of rotatable bonds is 2. The van der Waals surface area contributed by atoms with E-state index in [0.29, 0.717) is 0 Å². The van der Waals surface area contributed by atoms with E-state index in [1.807, 2.05) is 12.3 Å². The third kappa shape index (κ3) is 2.45. The van der Waals surface area contributed by atoms with Crippen LogP contribution in [0.5, 0.6) is 0 Å². The third-order valence-electron chi connectivity index (χ3n) is 2.25. The minimum atomic E-state index is 0.915. The number of fused-ring (bicyclic) bond motifs is 1. The Balaban J connectivity index is 2.47. The largest absolute Gasteiger partial charge is 0.256 e. The van der Waals surface area contributed by atoms with Crippen molar-refractivity contribution in [2.75, 3.05) is 5.33 Å². The number of hydrogen-bond donors (Lipinski definition) is 0. The van der Waals surface area contributed by atoms with Gasteiger partial charge < -0.3 is 0 Å². The second-order valence-electron chi connectivity index (χ2n) is 3.58. The van der Waals surface area contributed by atoms with Crippen LogP contribution in [-0.2, 0) is 0 Å². The molecule has 0 N–H and O–H groups in total. The summed E-state index contributed by atoms with van der Waals surface area (Å²) in [5.74, 6) is 0. The van der Waals surface area contributed by atoms with Crippen molar-refractivity contribution in [3.8, 4) is 0 Å². The Hall–Kier alpha value is -1.15. The van der Waals surface area contributed by atoms with Crippen molar-refractivity contribution in [1.82, 2.24) is 4.98 Å².